The monoisotopic (exact) mass is 449 g/mol. The lowest BCUT2D eigenvalue weighted by Gasteiger charge is -2.30. The van der Waals surface area contributed by atoms with Crippen LogP contribution in [-0.2, 0) is 13.6 Å². The van der Waals surface area contributed by atoms with E-state index in [1.165, 1.54) is 5.69 Å². The number of hydrogen-bond acceptors (Lipinski definition) is 2. The first-order valence-electron chi connectivity index (χ1n) is 8.64. The normalized spacial score (nSPS) is 12.0. The van der Waals surface area contributed by atoms with Gasteiger partial charge in [-0.3, -0.25) is 9.89 Å². The molecular weight excluding hydrogens is 413 g/mol. The van der Waals surface area contributed by atoms with E-state index in [-0.39, 0.29) is 24.0 Å². The lowest BCUT2D eigenvalue weighted by Crippen LogP contribution is -2.42. The number of hydrogen-bond donors (Lipinski definition) is 1. The molecule has 0 amide bonds. The van der Waals surface area contributed by atoms with E-state index < -0.39 is 0 Å². The fourth-order valence-electron chi connectivity index (χ4n) is 2.94. The van der Waals surface area contributed by atoms with E-state index in [1.54, 1.807) is 0 Å². The third kappa shape index (κ3) is 7.42. The summed E-state index contributed by atoms with van der Waals surface area (Å²) in [4.78, 5) is 9.08. The Morgan fingerprint density at radius 2 is 1.88 bits per heavy atom. The molecule has 5 nitrogen and oxygen atoms in total. The first kappa shape index (κ1) is 23.2. The van der Waals surface area contributed by atoms with Gasteiger partial charge < -0.3 is 14.8 Å². The van der Waals surface area contributed by atoms with Crippen molar-refractivity contribution in [1.82, 2.24) is 19.7 Å². The molecule has 1 heterocycles. The minimum Gasteiger partial charge on any atom is -0.356 e. The zero-order valence-corrected chi connectivity index (χ0v) is 18.7. The molecular formula is C18H36IN5. The molecule has 1 N–H and O–H groups in total. The molecule has 0 saturated heterocycles. The Balaban J connectivity index is 0.00000529. The molecule has 0 spiro atoms. The number of rotatable bonds is 8. The van der Waals surface area contributed by atoms with Gasteiger partial charge in [-0.1, -0.05) is 0 Å². The van der Waals surface area contributed by atoms with Gasteiger partial charge in [0, 0.05) is 58.2 Å². The molecule has 0 fully saturated rings. The minimum atomic E-state index is 0. The van der Waals surface area contributed by atoms with E-state index in [9.17, 15) is 0 Å². The fraction of sp³-hybridized carbons (Fsp3) is 0.722. The standard InChI is InChI=1S/C18H35N5.HI/c1-15(2)23(16(3)4)13-9-11-20-18(19-5)22(7)14-17-10-8-12-21(17)6;/h8,10,12,15-16H,9,11,13-14H2,1-7H3,(H,19,20);1H. The summed E-state index contributed by atoms with van der Waals surface area (Å²) in [6.45, 7) is 12.0. The molecule has 0 aromatic carbocycles. The summed E-state index contributed by atoms with van der Waals surface area (Å²) >= 11 is 0. The number of nitrogens with one attached hydrogen (secondary N) is 1. The van der Waals surface area contributed by atoms with Crippen LogP contribution in [0.2, 0.25) is 0 Å². The molecule has 6 heteroatoms. The van der Waals surface area contributed by atoms with Crippen molar-refractivity contribution in [3.8, 4) is 0 Å². The topological polar surface area (TPSA) is 35.8 Å². The smallest absolute Gasteiger partial charge is 0.193 e. The molecule has 0 saturated carbocycles. The number of aryl methyl sites for hydroxylation is 1. The van der Waals surface area contributed by atoms with Gasteiger partial charge in [0.05, 0.1) is 6.54 Å². The molecule has 140 valence electrons. The molecule has 0 atom stereocenters. The zero-order valence-electron chi connectivity index (χ0n) is 16.4. The van der Waals surface area contributed by atoms with Gasteiger partial charge >= 0.3 is 0 Å². The van der Waals surface area contributed by atoms with Crippen LogP contribution in [0.25, 0.3) is 0 Å². The second-order valence-electron chi connectivity index (χ2n) is 6.72. The summed E-state index contributed by atoms with van der Waals surface area (Å²) in [7, 11) is 6.00. The molecule has 0 aliphatic rings. The van der Waals surface area contributed by atoms with Gasteiger partial charge in [0.2, 0.25) is 0 Å². The Morgan fingerprint density at radius 3 is 2.33 bits per heavy atom. The lowest BCUT2D eigenvalue weighted by atomic mass is 10.2. The Bertz CT molecular complexity index is 474. The summed E-state index contributed by atoms with van der Waals surface area (Å²) in [5.41, 5.74) is 1.28. The molecule has 24 heavy (non-hydrogen) atoms. The molecule has 1 aromatic heterocycles. The third-order valence-corrected chi connectivity index (χ3v) is 4.23. The molecule has 0 aliphatic carbocycles. The van der Waals surface area contributed by atoms with Gasteiger partial charge in [0.1, 0.15) is 0 Å². The molecule has 0 radical (unpaired) electrons. The second kappa shape index (κ2) is 11.7. The first-order valence-corrected chi connectivity index (χ1v) is 8.64. The molecule has 0 bridgehead atoms. The van der Waals surface area contributed by atoms with Crippen molar-refractivity contribution in [2.45, 2.75) is 52.7 Å². The quantitative estimate of drug-likeness (QED) is 0.287. The highest BCUT2D eigenvalue weighted by atomic mass is 127. The number of halogens is 1. The van der Waals surface area contributed by atoms with Crippen molar-refractivity contribution < 1.29 is 0 Å². The second-order valence-corrected chi connectivity index (χ2v) is 6.72. The largest absolute Gasteiger partial charge is 0.356 e. The van der Waals surface area contributed by atoms with E-state index in [2.05, 4.69) is 84.8 Å². The van der Waals surface area contributed by atoms with Gasteiger partial charge in [-0.25, -0.2) is 0 Å². The Hall–Kier alpha value is -0.760. The maximum absolute atomic E-state index is 4.39. The van der Waals surface area contributed by atoms with Crippen molar-refractivity contribution in [2.75, 3.05) is 27.2 Å². The summed E-state index contributed by atoms with van der Waals surface area (Å²) in [5.74, 6) is 0.951. The van der Waals surface area contributed by atoms with E-state index in [0.717, 1.165) is 32.0 Å². The minimum absolute atomic E-state index is 0. The van der Waals surface area contributed by atoms with Crippen LogP contribution >= 0.6 is 24.0 Å². The highest BCUT2D eigenvalue weighted by Gasteiger charge is 2.13. The van der Waals surface area contributed by atoms with Crippen LogP contribution < -0.4 is 5.32 Å². The average Bonchev–Trinajstić information content (AvgIpc) is 2.87. The van der Waals surface area contributed by atoms with Gasteiger partial charge in [0.25, 0.3) is 0 Å². The summed E-state index contributed by atoms with van der Waals surface area (Å²) in [6.07, 6.45) is 3.19. The van der Waals surface area contributed by atoms with Crippen molar-refractivity contribution in [2.24, 2.45) is 12.0 Å². The van der Waals surface area contributed by atoms with Crippen molar-refractivity contribution in [3.63, 3.8) is 0 Å². The van der Waals surface area contributed by atoms with Crippen molar-refractivity contribution >= 4 is 29.9 Å². The van der Waals surface area contributed by atoms with Gasteiger partial charge in [-0.2, -0.15) is 0 Å². The van der Waals surface area contributed by atoms with Crippen LogP contribution in [-0.4, -0.2) is 59.6 Å². The highest BCUT2D eigenvalue weighted by Crippen LogP contribution is 2.06. The van der Waals surface area contributed by atoms with Crippen LogP contribution in [0.3, 0.4) is 0 Å². The lowest BCUT2D eigenvalue weighted by molar-refractivity contribution is 0.173. The maximum atomic E-state index is 4.39. The van der Waals surface area contributed by atoms with Crippen molar-refractivity contribution in [1.29, 1.82) is 0 Å². The van der Waals surface area contributed by atoms with Crippen LogP contribution in [0.4, 0.5) is 0 Å². The summed E-state index contributed by atoms with van der Waals surface area (Å²) < 4.78 is 2.15. The number of aliphatic imine (C=N–C) groups is 1. The van der Waals surface area contributed by atoms with E-state index in [0.29, 0.717) is 12.1 Å². The van der Waals surface area contributed by atoms with E-state index in [1.807, 2.05) is 7.05 Å². The van der Waals surface area contributed by atoms with Crippen LogP contribution in [0.15, 0.2) is 23.3 Å². The predicted molar refractivity (Wildman–Crippen MR) is 115 cm³/mol. The molecule has 1 aromatic rings. The predicted octanol–water partition coefficient (Wildman–Crippen LogP) is 3.16. The summed E-state index contributed by atoms with van der Waals surface area (Å²) in [6, 6.07) is 5.40. The van der Waals surface area contributed by atoms with E-state index in [4.69, 9.17) is 0 Å². The highest BCUT2D eigenvalue weighted by molar-refractivity contribution is 14.0. The summed E-state index contributed by atoms with van der Waals surface area (Å²) in [5, 5.41) is 3.47. The Morgan fingerprint density at radius 1 is 1.25 bits per heavy atom. The maximum Gasteiger partial charge on any atom is 0.193 e. The number of guanidine groups is 1. The van der Waals surface area contributed by atoms with Gasteiger partial charge in [-0.15, -0.1) is 24.0 Å². The van der Waals surface area contributed by atoms with Crippen LogP contribution in [0.5, 0.6) is 0 Å². The van der Waals surface area contributed by atoms with Crippen LogP contribution in [0, 0.1) is 0 Å². The fourth-order valence-corrected chi connectivity index (χ4v) is 2.94. The van der Waals surface area contributed by atoms with Gasteiger partial charge in [-0.05, 0) is 46.2 Å². The zero-order chi connectivity index (χ0) is 17.4. The Labute approximate surface area is 165 Å². The van der Waals surface area contributed by atoms with Crippen molar-refractivity contribution in [3.05, 3.63) is 24.0 Å². The SMILES string of the molecule is CN=C(NCCCN(C(C)C)C(C)C)N(C)Cc1cccn1C.I. The molecule has 0 unspecified atom stereocenters. The molecule has 0 aliphatic heterocycles. The third-order valence-electron chi connectivity index (χ3n) is 4.23. The average molecular weight is 449 g/mol. The van der Waals surface area contributed by atoms with Gasteiger partial charge in [0.15, 0.2) is 5.96 Å². The number of nitrogens with zero attached hydrogens (tertiary/aromatic N) is 4. The number of aromatic nitrogens is 1. The Kier molecular flexibility index (Phi) is 11.4. The first-order chi connectivity index (χ1) is 10.9. The van der Waals surface area contributed by atoms with Crippen LogP contribution in [0.1, 0.15) is 39.8 Å². The van der Waals surface area contributed by atoms with E-state index >= 15 is 0 Å². The molecule has 1 rings (SSSR count).